The maximum atomic E-state index is 5.57. The average molecular weight is 250 g/mol. The van der Waals surface area contributed by atoms with Gasteiger partial charge in [0.15, 0.2) is 0 Å². The van der Waals surface area contributed by atoms with Crippen LogP contribution in [0, 0.1) is 6.92 Å². The molecule has 0 amide bonds. The maximum absolute atomic E-state index is 5.57. The van der Waals surface area contributed by atoms with Crippen LogP contribution in [-0.2, 0) is 0 Å². The van der Waals surface area contributed by atoms with Gasteiger partial charge in [0.2, 0.25) is 0 Å². The minimum absolute atomic E-state index is 0.424. The first-order chi connectivity index (χ1) is 8.72. The quantitative estimate of drug-likeness (QED) is 0.696. The SMILES string of the molecule is CCOc1ccc(C(CCCNC)NC)cc1C. The van der Waals surface area contributed by atoms with E-state index in [0.29, 0.717) is 6.04 Å². The number of benzene rings is 1. The third-order valence-corrected chi connectivity index (χ3v) is 3.17. The second-order valence-corrected chi connectivity index (χ2v) is 4.54. The zero-order chi connectivity index (χ0) is 13.4. The van der Waals surface area contributed by atoms with Crippen molar-refractivity contribution in [3.8, 4) is 5.75 Å². The van der Waals surface area contributed by atoms with E-state index in [1.165, 1.54) is 17.5 Å². The van der Waals surface area contributed by atoms with Crippen LogP contribution in [0.15, 0.2) is 18.2 Å². The first-order valence-electron chi connectivity index (χ1n) is 6.78. The molecule has 1 unspecified atom stereocenters. The number of rotatable bonds is 8. The van der Waals surface area contributed by atoms with Crippen molar-refractivity contribution < 1.29 is 4.74 Å². The van der Waals surface area contributed by atoms with E-state index >= 15 is 0 Å². The molecular formula is C15H26N2O. The molecule has 0 saturated carbocycles. The number of aryl methyl sites for hydroxylation is 1. The topological polar surface area (TPSA) is 33.3 Å². The summed E-state index contributed by atoms with van der Waals surface area (Å²) in [4.78, 5) is 0. The molecule has 0 heterocycles. The van der Waals surface area contributed by atoms with Crippen molar-refractivity contribution in [2.45, 2.75) is 32.7 Å². The molecule has 2 N–H and O–H groups in total. The third kappa shape index (κ3) is 4.31. The molecule has 0 spiro atoms. The van der Waals surface area contributed by atoms with Crippen LogP contribution in [0.25, 0.3) is 0 Å². The average Bonchev–Trinajstić information content (AvgIpc) is 2.37. The second kappa shape index (κ2) is 8.11. The molecule has 0 fully saturated rings. The van der Waals surface area contributed by atoms with Crippen LogP contribution in [0.3, 0.4) is 0 Å². The molecule has 102 valence electrons. The van der Waals surface area contributed by atoms with Crippen molar-refractivity contribution in [2.75, 3.05) is 27.2 Å². The van der Waals surface area contributed by atoms with Crippen molar-refractivity contribution in [3.63, 3.8) is 0 Å². The summed E-state index contributed by atoms with van der Waals surface area (Å²) < 4.78 is 5.57. The number of hydrogen-bond donors (Lipinski definition) is 2. The lowest BCUT2D eigenvalue weighted by atomic mass is 10.00. The molecule has 0 aromatic heterocycles. The first-order valence-corrected chi connectivity index (χ1v) is 6.78. The van der Waals surface area contributed by atoms with E-state index in [0.717, 1.165) is 25.3 Å². The Morgan fingerprint density at radius 2 is 2.06 bits per heavy atom. The minimum Gasteiger partial charge on any atom is -0.494 e. The molecule has 1 aromatic carbocycles. The van der Waals surface area contributed by atoms with Crippen LogP contribution in [0.1, 0.15) is 36.9 Å². The summed E-state index contributed by atoms with van der Waals surface area (Å²) in [6.07, 6.45) is 2.32. The van der Waals surface area contributed by atoms with Gasteiger partial charge in [-0.2, -0.15) is 0 Å². The van der Waals surface area contributed by atoms with Crippen LogP contribution < -0.4 is 15.4 Å². The van der Waals surface area contributed by atoms with Gasteiger partial charge < -0.3 is 15.4 Å². The van der Waals surface area contributed by atoms with Gasteiger partial charge in [-0.1, -0.05) is 12.1 Å². The summed E-state index contributed by atoms with van der Waals surface area (Å²) >= 11 is 0. The van der Waals surface area contributed by atoms with E-state index in [4.69, 9.17) is 4.74 Å². The van der Waals surface area contributed by atoms with Crippen molar-refractivity contribution >= 4 is 0 Å². The lowest BCUT2D eigenvalue weighted by Crippen LogP contribution is -2.18. The van der Waals surface area contributed by atoms with Gasteiger partial charge >= 0.3 is 0 Å². The Labute approximate surface area is 111 Å². The molecular weight excluding hydrogens is 224 g/mol. The molecule has 0 bridgehead atoms. The third-order valence-electron chi connectivity index (χ3n) is 3.17. The Bertz CT molecular complexity index is 352. The van der Waals surface area contributed by atoms with Gasteiger partial charge in [0, 0.05) is 6.04 Å². The standard InChI is InChI=1S/C15H26N2O/c1-5-18-15-9-8-13(11-12(15)2)14(17-4)7-6-10-16-3/h8-9,11,14,16-17H,5-7,10H2,1-4H3. The molecule has 1 atom stereocenters. The van der Waals surface area contributed by atoms with Gasteiger partial charge in [-0.15, -0.1) is 0 Å². The fourth-order valence-corrected chi connectivity index (χ4v) is 2.17. The molecule has 18 heavy (non-hydrogen) atoms. The molecule has 1 aromatic rings. The molecule has 0 aliphatic rings. The number of nitrogens with one attached hydrogen (secondary N) is 2. The summed E-state index contributed by atoms with van der Waals surface area (Å²) in [5, 5.41) is 6.58. The summed E-state index contributed by atoms with van der Waals surface area (Å²) in [5.41, 5.74) is 2.55. The van der Waals surface area contributed by atoms with E-state index in [1.54, 1.807) is 0 Å². The Balaban J connectivity index is 2.71. The van der Waals surface area contributed by atoms with Crippen LogP contribution in [-0.4, -0.2) is 27.2 Å². The maximum Gasteiger partial charge on any atom is 0.122 e. The van der Waals surface area contributed by atoms with Crippen LogP contribution >= 0.6 is 0 Å². The van der Waals surface area contributed by atoms with Gasteiger partial charge in [0.1, 0.15) is 5.75 Å². The molecule has 0 aliphatic heterocycles. The summed E-state index contributed by atoms with van der Waals surface area (Å²) in [7, 11) is 4.02. The van der Waals surface area contributed by atoms with Crippen molar-refractivity contribution in [1.82, 2.24) is 10.6 Å². The zero-order valence-corrected chi connectivity index (χ0v) is 12.0. The smallest absolute Gasteiger partial charge is 0.122 e. The highest BCUT2D eigenvalue weighted by Gasteiger charge is 2.10. The normalized spacial score (nSPS) is 12.4. The lowest BCUT2D eigenvalue weighted by Gasteiger charge is -2.18. The molecule has 0 saturated heterocycles. The first kappa shape index (κ1) is 15.0. The van der Waals surface area contributed by atoms with Crippen molar-refractivity contribution in [1.29, 1.82) is 0 Å². The van der Waals surface area contributed by atoms with E-state index in [2.05, 4.69) is 35.8 Å². The van der Waals surface area contributed by atoms with Crippen molar-refractivity contribution in [2.24, 2.45) is 0 Å². The Kier molecular flexibility index (Phi) is 6.76. The molecule has 0 radical (unpaired) electrons. The zero-order valence-electron chi connectivity index (χ0n) is 12.0. The van der Waals surface area contributed by atoms with Gasteiger partial charge in [-0.05, 0) is 64.5 Å². The van der Waals surface area contributed by atoms with Crippen LogP contribution in [0.4, 0.5) is 0 Å². The van der Waals surface area contributed by atoms with Gasteiger partial charge in [0.05, 0.1) is 6.61 Å². The second-order valence-electron chi connectivity index (χ2n) is 4.54. The number of ether oxygens (including phenoxy) is 1. The lowest BCUT2D eigenvalue weighted by molar-refractivity contribution is 0.337. The van der Waals surface area contributed by atoms with Crippen molar-refractivity contribution in [3.05, 3.63) is 29.3 Å². The summed E-state index contributed by atoms with van der Waals surface area (Å²) in [5.74, 6) is 0.992. The predicted molar refractivity (Wildman–Crippen MR) is 77.3 cm³/mol. The Morgan fingerprint density at radius 1 is 1.28 bits per heavy atom. The van der Waals surface area contributed by atoms with Gasteiger partial charge in [0.25, 0.3) is 0 Å². The van der Waals surface area contributed by atoms with Crippen LogP contribution in [0.5, 0.6) is 5.75 Å². The highest BCUT2D eigenvalue weighted by atomic mass is 16.5. The predicted octanol–water partition coefficient (Wildman–Crippen LogP) is 2.65. The molecule has 3 nitrogen and oxygen atoms in total. The van der Waals surface area contributed by atoms with E-state index < -0.39 is 0 Å². The van der Waals surface area contributed by atoms with Gasteiger partial charge in [-0.3, -0.25) is 0 Å². The fraction of sp³-hybridized carbons (Fsp3) is 0.600. The molecule has 3 heteroatoms. The van der Waals surface area contributed by atoms with E-state index in [9.17, 15) is 0 Å². The van der Waals surface area contributed by atoms with E-state index in [1.807, 2.05) is 21.0 Å². The summed E-state index contributed by atoms with van der Waals surface area (Å²) in [6.45, 7) is 5.91. The highest BCUT2D eigenvalue weighted by molar-refractivity contribution is 5.37. The highest BCUT2D eigenvalue weighted by Crippen LogP contribution is 2.24. The summed E-state index contributed by atoms with van der Waals surface area (Å²) in [6, 6.07) is 6.90. The van der Waals surface area contributed by atoms with Crippen LogP contribution in [0.2, 0.25) is 0 Å². The number of hydrogen-bond acceptors (Lipinski definition) is 3. The molecule has 0 aliphatic carbocycles. The fourth-order valence-electron chi connectivity index (χ4n) is 2.17. The largest absolute Gasteiger partial charge is 0.494 e. The minimum atomic E-state index is 0.424. The monoisotopic (exact) mass is 250 g/mol. The molecule has 1 rings (SSSR count). The van der Waals surface area contributed by atoms with E-state index in [-0.39, 0.29) is 0 Å². The van der Waals surface area contributed by atoms with Gasteiger partial charge in [-0.25, -0.2) is 0 Å². The Hall–Kier alpha value is -1.06. The Morgan fingerprint density at radius 3 is 2.61 bits per heavy atom.